The molecule has 0 bridgehead atoms. The third kappa shape index (κ3) is 2.91. The van der Waals surface area contributed by atoms with Crippen molar-refractivity contribution in [3.63, 3.8) is 0 Å². The molecule has 5 heteroatoms. The lowest BCUT2D eigenvalue weighted by molar-refractivity contribution is 0.846. The van der Waals surface area contributed by atoms with Gasteiger partial charge >= 0.3 is 0 Å². The molecule has 0 spiro atoms. The molecule has 0 aliphatic heterocycles. The highest BCUT2D eigenvalue weighted by Crippen LogP contribution is 2.15. The number of para-hydroxylation sites is 1. The smallest absolute Gasteiger partial charge is 0.227 e. The van der Waals surface area contributed by atoms with Crippen LogP contribution in [0.1, 0.15) is 5.69 Å². The monoisotopic (exact) mass is 279 g/mol. The number of nitrogens with one attached hydrogen (secondary N) is 1. The molecule has 0 unspecified atom stereocenters. The first-order valence-electron chi connectivity index (χ1n) is 6.83. The Bertz CT molecular complexity index is 756. The van der Waals surface area contributed by atoms with Crippen LogP contribution < -0.4 is 10.2 Å². The van der Waals surface area contributed by atoms with Crippen molar-refractivity contribution in [2.75, 3.05) is 24.3 Å². The Morgan fingerprint density at radius 1 is 1.05 bits per heavy atom. The van der Waals surface area contributed by atoms with Crippen molar-refractivity contribution >= 4 is 22.7 Å². The van der Waals surface area contributed by atoms with E-state index in [4.69, 9.17) is 0 Å². The van der Waals surface area contributed by atoms with Gasteiger partial charge in [-0.1, -0.05) is 24.3 Å². The molecule has 3 aromatic rings. The maximum absolute atomic E-state index is 4.67. The van der Waals surface area contributed by atoms with Crippen LogP contribution in [-0.2, 0) is 6.54 Å². The zero-order valence-corrected chi connectivity index (χ0v) is 12.1. The molecule has 0 fully saturated rings. The van der Waals surface area contributed by atoms with Gasteiger partial charge in [-0.05, 0) is 18.2 Å². The molecular formula is C16H17N5. The lowest BCUT2D eigenvalue weighted by atomic mass is 10.2. The van der Waals surface area contributed by atoms with Crippen LogP contribution in [0.4, 0.5) is 11.8 Å². The van der Waals surface area contributed by atoms with Crippen molar-refractivity contribution in [1.29, 1.82) is 0 Å². The molecular weight excluding hydrogens is 262 g/mol. The van der Waals surface area contributed by atoms with Crippen molar-refractivity contribution in [3.8, 4) is 0 Å². The average Bonchev–Trinajstić information content (AvgIpc) is 2.54. The zero-order chi connectivity index (χ0) is 14.7. The predicted octanol–water partition coefficient (Wildman–Crippen LogP) is 2.70. The second-order valence-corrected chi connectivity index (χ2v) is 4.84. The fraction of sp³-hybridized carbons (Fsp3) is 0.188. The summed E-state index contributed by atoms with van der Waals surface area (Å²) in [6.45, 7) is 0.665. The summed E-state index contributed by atoms with van der Waals surface area (Å²) >= 11 is 0. The molecule has 3 rings (SSSR count). The first kappa shape index (κ1) is 13.3. The lowest BCUT2D eigenvalue weighted by Gasteiger charge is -2.17. The van der Waals surface area contributed by atoms with E-state index in [-0.39, 0.29) is 0 Å². The third-order valence-electron chi connectivity index (χ3n) is 3.30. The zero-order valence-electron chi connectivity index (χ0n) is 12.1. The maximum Gasteiger partial charge on any atom is 0.227 e. The number of rotatable bonds is 4. The van der Waals surface area contributed by atoms with Gasteiger partial charge < -0.3 is 10.2 Å². The van der Waals surface area contributed by atoms with Gasteiger partial charge in [-0.15, -0.1) is 0 Å². The predicted molar refractivity (Wildman–Crippen MR) is 85.4 cm³/mol. The van der Waals surface area contributed by atoms with Crippen LogP contribution in [0.2, 0.25) is 0 Å². The molecule has 2 heterocycles. The second kappa shape index (κ2) is 5.75. The van der Waals surface area contributed by atoms with Crippen molar-refractivity contribution in [2.45, 2.75) is 6.54 Å². The summed E-state index contributed by atoms with van der Waals surface area (Å²) in [4.78, 5) is 15.4. The third-order valence-corrected chi connectivity index (χ3v) is 3.30. The van der Waals surface area contributed by atoms with E-state index in [1.54, 1.807) is 6.20 Å². The number of nitrogens with zero attached hydrogens (tertiary/aromatic N) is 4. The van der Waals surface area contributed by atoms with E-state index in [2.05, 4.69) is 32.4 Å². The van der Waals surface area contributed by atoms with Gasteiger partial charge in [0.1, 0.15) is 5.82 Å². The van der Waals surface area contributed by atoms with Gasteiger partial charge in [-0.3, -0.25) is 4.98 Å². The molecule has 0 aliphatic rings. The number of pyridine rings is 1. The molecule has 2 aromatic heterocycles. The maximum atomic E-state index is 4.67. The highest BCUT2D eigenvalue weighted by molar-refractivity contribution is 5.78. The largest absolute Gasteiger partial charge is 0.373 e. The van der Waals surface area contributed by atoms with E-state index in [0.717, 1.165) is 22.4 Å². The lowest BCUT2D eigenvalue weighted by Crippen LogP contribution is -2.20. The summed E-state index contributed by atoms with van der Waals surface area (Å²) in [6, 6.07) is 14.1. The van der Waals surface area contributed by atoms with Crippen LogP contribution in [0, 0.1) is 0 Å². The second-order valence-electron chi connectivity index (χ2n) is 4.84. The van der Waals surface area contributed by atoms with Crippen LogP contribution in [0.5, 0.6) is 0 Å². The summed E-state index contributed by atoms with van der Waals surface area (Å²) < 4.78 is 0. The summed E-state index contributed by atoms with van der Waals surface area (Å²) in [5.41, 5.74) is 2.00. The van der Waals surface area contributed by atoms with Crippen molar-refractivity contribution < 1.29 is 0 Å². The molecule has 1 N–H and O–H groups in total. The minimum atomic E-state index is 0.665. The normalized spacial score (nSPS) is 10.6. The number of hydrogen-bond donors (Lipinski definition) is 1. The Labute approximate surface area is 123 Å². The first-order valence-corrected chi connectivity index (χ1v) is 6.83. The molecule has 0 radical (unpaired) electrons. The van der Waals surface area contributed by atoms with Crippen molar-refractivity contribution in [2.24, 2.45) is 0 Å². The van der Waals surface area contributed by atoms with Crippen LogP contribution in [-0.4, -0.2) is 29.0 Å². The highest BCUT2D eigenvalue weighted by Gasteiger charge is 2.07. The summed E-state index contributed by atoms with van der Waals surface area (Å²) in [7, 11) is 3.81. The SMILES string of the molecule is CNc1ccnc(N(C)Cc2ccc3ccccc3n2)n1. The van der Waals surface area contributed by atoms with Gasteiger partial charge in [-0.2, -0.15) is 4.98 Å². The fourth-order valence-electron chi connectivity index (χ4n) is 2.18. The molecule has 0 saturated carbocycles. The molecule has 1 aromatic carbocycles. The number of benzene rings is 1. The minimum absolute atomic E-state index is 0.665. The Balaban J connectivity index is 1.83. The van der Waals surface area contributed by atoms with E-state index < -0.39 is 0 Å². The van der Waals surface area contributed by atoms with E-state index >= 15 is 0 Å². The first-order chi connectivity index (χ1) is 10.3. The van der Waals surface area contributed by atoms with Gasteiger partial charge in [0.25, 0.3) is 0 Å². The Kier molecular flexibility index (Phi) is 3.64. The van der Waals surface area contributed by atoms with Gasteiger partial charge in [0.15, 0.2) is 0 Å². The summed E-state index contributed by atoms with van der Waals surface area (Å²) in [5.74, 6) is 1.48. The Morgan fingerprint density at radius 3 is 2.76 bits per heavy atom. The molecule has 106 valence electrons. The van der Waals surface area contributed by atoms with Gasteiger partial charge in [0, 0.05) is 25.7 Å². The van der Waals surface area contributed by atoms with Crippen molar-refractivity contribution in [3.05, 3.63) is 54.4 Å². The molecule has 5 nitrogen and oxygen atoms in total. The standard InChI is InChI=1S/C16H17N5/c1-17-15-9-10-18-16(20-15)21(2)11-13-8-7-12-5-3-4-6-14(12)19-13/h3-10H,11H2,1-2H3,(H,17,18,20). The molecule has 0 amide bonds. The highest BCUT2D eigenvalue weighted by atomic mass is 15.2. The van der Waals surface area contributed by atoms with Crippen LogP contribution >= 0.6 is 0 Å². The number of fused-ring (bicyclic) bond motifs is 1. The minimum Gasteiger partial charge on any atom is -0.373 e. The summed E-state index contributed by atoms with van der Waals surface area (Å²) in [6.07, 6.45) is 1.75. The quantitative estimate of drug-likeness (QED) is 0.795. The van der Waals surface area contributed by atoms with E-state index in [0.29, 0.717) is 12.5 Å². The van der Waals surface area contributed by atoms with Gasteiger partial charge in [0.05, 0.1) is 17.8 Å². The van der Waals surface area contributed by atoms with E-state index in [1.165, 1.54) is 0 Å². The van der Waals surface area contributed by atoms with Gasteiger partial charge in [0.2, 0.25) is 5.95 Å². The van der Waals surface area contributed by atoms with Crippen molar-refractivity contribution in [1.82, 2.24) is 15.0 Å². The summed E-state index contributed by atoms with van der Waals surface area (Å²) in [5, 5.41) is 4.17. The Morgan fingerprint density at radius 2 is 1.90 bits per heavy atom. The van der Waals surface area contributed by atoms with Gasteiger partial charge in [-0.25, -0.2) is 4.98 Å². The average molecular weight is 279 g/mol. The van der Waals surface area contributed by atoms with E-state index in [1.807, 2.05) is 49.3 Å². The topological polar surface area (TPSA) is 53.9 Å². The molecule has 0 saturated heterocycles. The molecule has 0 aliphatic carbocycles. The number of aromatic nitrogens is 3. The van der Waals surface area contributed by atoms with Crippen LogP contribution in [0.15, 0.2) is 48.7 Å². The Hall–Kier alpha value is -2.69. The fourth-order valence-corrected chi connectivity index (χ4v) is 2.18. The molecule has 21 heavy (non-hydrogen) atoms. The van der Waals surface area contributed by atoms with E-state index in [9.17, 15) is 0 Å². The van der Waals surface area contributed by atoms with Crippen LogP contribution in [0.3, 0.4) is 0 Å². The molecule has 0 atom stereocenters. The number of anilines is 2. The van der Waals surface area contributed by atoms with Crippen LogP contribution in [0.25, 0.3) is 10.9 Å². The number of hydrogen-bond acceptors (Lipinski definition) is 5.